The van der Waals surface area contributed by atoms with Crippen LogP contribution in [0, 0.1) is 11.8 Å². The molecule has 0 aliphatic rings. The van der Waals surface area contributed by atoms with E-state index in [0.29, 0.717) is 17.7 Å². The first-order chi connectivity index (χ1) is 24.0. The van der Waals surface area contributed by atoms with Gasteiger partial charge in [-0.2, -0.15) is 0 Å². The lowest BCUT2D eigenvalue weighted by atomic mass is 9.95. The fraction of sp³-hybridized carbons (Fsp3) is 0.500. The number of aromatic nitrogens is 3. The molecule has 14 heteroatoms. The molecule has 0 spiro atoms. The molecule has 2 heterocycles. The number of nitrogens with one attached hydrogen (secondary N) is 5. The standard InChI is InChI=1S/C36H51N7O7/c1-5-24(4)31(20-44)40-33(46)17-32(45)28(14-23(2)3)41-35(48)30(16-27-19-38-22-39-27)42-34(47)29(15-26-12-9-13-37-18-26)43-36(49)50-21-25-10-7-6-8-11-25/h6-13,18-19,22-24,28-32,44-45H,5,14-17,20-21H2,1-4H3,(H,38,39)(H,40,46)(H,41,48)(H,42,47)(H,43,49)/t24-,28-,29-,30-,31+,32-/m0/s1. The number of H-pyrrole nitrogens is 1. The molecule has 0 radical (unpaired) electrons. The zero-order chi connectivity index (χ0) is 36.5. The Kier molecular flexibility index (Phi) is 16.4. The maximum Gasteiger partial charge on any atom is 0.408 e. The summed E-state index contributed by atoms with van der Waals surface area (Å²) in [6.45, 7) is 7.47. The van der Waals surface area contributed by atoms with Gasteiger partial charge in [0.2, 0.25) is 17.7 Å². The van der Waals surface area contributed by atoms with Crippen LogP contribution < -0.4 is 21.3 Å². The first-order valence-electron chi connectivity index (χ1n) is 17.0. The highest BCUT2D eigenvalue weighted by Crippen LogP contribution is 2.14. The second-order valence-electron chi connectivity index (χ2n) is 12.9. The number of carbonyl (C=O) groups excluding carboxylic acids is 4. The molecule has 0 fully saturated rings. The van der Waals surface area contributed by atoms with Gasteiger partial charge in [0, 0.05) is 37.1 Å². The molecular formula is C36H51N7O7. The van der Waals surface area contributed by atoms with Crippen molar-refractivity contribution >= 4 is 23.8 Å². The number of rotatable bonds is 20. The van der Waals surface area contributed by atoms with Crippen molar-refractivity contribution < 1.29 is 34.1 Å². The van der Waals surface area contributed by atoms with Crippen LogP contribution in [0.4, 0.5) is 4.79 Å². The molecule has 0 aliphatic carbocycles. The molecule has 4 amide bonds. The van der Waals surface area contributed by atoms with Crippen molar-refractivity contribution in [2.24, 2.45) is 11.8 Å². The van der Waals surface area contributed by atoms with E-state index in [0.717, 1.165) is 12.0 Å². The van der Waals surface area contributed by atoms with Gasteiger partial charge in [-0.1, -0.05) is 70.5 Å². The number of hydrogen-bond acceptors (Lipinski definition) is 9. The second-order valence-corrected chi connectivity index (χ2v) is 12.9. The number of aliphatic hydroxyl groups is 2. The minimum atomic E-state index is -1.25. The van der Waals surface area contributed by atoms with Gasteiger partial charge in [-0.15, -0.1) is 0 Å². The first kappa shape index (κ1) is 39.6. The van der Waals surface area contributed by atoms with Gasteiger partial charge >= 0.3 is 6.09 Å². The van der Waals surface area contributed by atoms with Gasteiger partial charge in [0.1, 0.15) is 18.7 Å². The highest BCUT2D eigenvalue weighted by atomic mass is 16.5. The molecule has 0 saturated carbocycles. The number of aromatic amines is 1. The summed E-state index contributed by atoms with van der Waals surface area (Å²) < 4.78 is 5.37. The minimum absolute atomic E-state index is 0.00532. The molecule has 7 N–H and O–H groups in total. The molecule has 2 aromatic heterocycles. The van der Waals surface area contributed by atoms with Crippen molar-refractivity contribution in [1.29, 1.82) is 0 Å². The summed E-state index contributed by atoms with van der Waals surface area (Å²) in [6.07, 6.45) is 4.95. The number of carbonyl (C=O) groups is 4. The highest BCUT2D eigenvalue weighted by molar-refractivity contribution is 5.91. The summed E-state index contributed by atoms with van der Waals surface area (Å²) in [5.74, 6) is -1.63. The Hall–Kier alpha value is -4.82. The molecule has 14 nitrogen and oxygen atoms in total. The van der Waals surface area contributed by atoms with Crippen molar-refractivity contribution in [2.75, 3.05) is 6.61 Å². The van der Waals surface area contributed by atoms with Gasteiger partial charge < -0.3 is 41.2 Å². The van der Waals surface area contributed by atoms with Crippen LogP contribution in [0.1, 0.15) is 63.8 Å². The largest absolute Gasteiger partial charge is 0.445 e. The lowest BCUT2D eigenvalue weighted by molar-refractivity contribution is -0.131. The predicted molar refractivity (Wildman–Crippen MR) is 186 cm³/mol. The summed E-state index contributed by atoms with van der Waals surface area (Å²) in [5.41, 5.74) is 2.00. The maximum atomic E-state index is 13.9. The van der Waals surface area contributed by atoms with E-state index in [-0.39, 0.29) is 44.3 Å². The number of nitrogens with zero attached hydrogens (tertiary/aromatic N) is 2. The highest BCUT2D eigenvalue weighted by Gasteiger charge is 2.32. The molecule has 0 unspecified atom stereocenters. The molecule has 3 rings (SSSR count). The molecule has 272 valence electrons. The summed E-state index contributed by atoms with van der Waals surface area (Å²) in [4.78, 5) is 64.4. The van der Waals surface area contributed by atoms with Crippen molar-refractivity contribution in [3.8, 4) is 0 Å². The van der Waals surface area contributed by atoms with E-state index in [1.165, 1.54) is 12.5 Å². The average molecular weight is 694 g/mol. The molecule has 0 bridgehead atoms. The Morgan fingerprint density at radius 3 is 2.16 bits per heavy atom. The van der Waals surface area contributed by atoms with E-state index in [1.807, 2.05) is 45.9 Å². The Labute approximate surface area is 293 Å². The van der Waals surface area contributed by atoms with Crippen molar-refractivity contribution in [3.63, 3.8) is 0 Å². The summed E-state index contributed by atoms with van der Waals surface area (Å²) >= 11 is 0. The minimum Gasteiger partial charge on any atom is -0.445 e. The van der Waals surface area contributed by atoms with Crippen molar-refractivity contribution in [3.05, 3.63) is 84.2 Å². The van der Waals surface area contributed by atoms with Gasteiger partial charge in [0.05, 0.1) is 37.5 Å². The monoisotopic (exact) mass is 693 g/mol. The van der Waals surface area contributed by atoms with Crippen LogP contribution in [-0.2, 0) is 38.6 Å². The van der Waals surface area contributed by atoms with E-state index in [4.69, 9.17) is 4.74 Å². The smallest absolute Gasteiger partial charge is 0.408 e. The van der Waals surface area contributed by atoms with E-state index >= 15 is 0 Å². The lowest BCUT2D eigenvalue weighted by Gasteiger charge is -2.29. The predicted octanol–water partition coefficient (Wildman–Crippen LogP) is 2.17. The van der Waals surface area contributed by atoms with Crippen LogP contribution in [-0.4, -0.2) is 85.9 Å². The third-order valence-electron chi connectivity index (χ3n) is 8.38. The Morgan fingerprint density at radius 2 is 1.54 bits per heavy atom. The Balaban J connectivity index is 1.77. The van der Waals surface area contributed by atoms with Crippen LogP contribution in [0.25, 0.3) is 0 Å². The van der Waals surface area contributed by atoms with Gasteiger partial charge in [0.15, 0.2) is 0 Å². The van der Waals surface area contributed by atoms with Crippen LogP contribution in [0.15, 0.2) is 67.4 Å². The van der Waals surface area contributed by atoms with Crippen LogP contribution in [0.5, 0.6) is 0 Å². The van der Waals surface area contributed by atoms with Crippen LogP contribution >= 0.6 is 0 Å². The molecule has 3 aromatic rings. The quantitative estimate of drug-likeness (QED) is 0.0924. The van der Waals surface area contributed by atoms with Crippen molar-refractivity contribution in [2.45, 2.75) is 96.7 Å². The topological polar surface area (TPSA) is 208 Å². The van der Waals surface area contributed by atoms with E-state index in [1.54, 1.807) is 36.7 Å². The molecular weight excluding hydrogens is 642 g/mol. The average Bonchev–Trinajstić information content (AvgIpc) is 3.62. The molecule has 1 aromatic carbocycles. The second kappa shape index (κ2) is 20.6. The van der Waals surface area contributed by atoms with Crippen LogP contribution in [0.2, 0.25) is 0 Å². The molecule has 50 heavy (non-hydrogen) atoms. The maximum absolute atomic E-state index is 13.9. The van der Waals surface area contributed by atoms with Gasteiger partial charge in [-0.3, -0.25) is 19.4 Å². The molecule has 6 atom stereocenters. The van der Waals surface area contributed by atoms with Crippen LogP contribution in [0.3, 0.4) is 0 Å². The summed E-state index contributed by atoms with van der Waals surface area (Å²) in [6, 6.07) is 8.99. The molecule has 0 aliphatic heterocycles. The van der Waals surface area contributed by atoms with E-state index < -0.39 is 54.1 Å². The first-order valence-corrected chi connectivity index (χ1v) is 17.0. The third kappa shape index (κ3) is 13.6. The zero-order valence-corrected chi connectivity index (χ0v) is 29.2. The fourth-order valence-corrected chi connectivity index (χ4v) is 5.32. The number of alkyl carbamates (subject to hydrolysis) is 1. The molecule has 0 saturated heterocycles. The zero-order valence-electron chi connectivity index (χ0n) is 29.2. The Morgan fingerprint density at radius 1 is 0.840 bits per heavy atom. The summed E-state index contributed by atoms with van der Waals surface area (Å²) in [5, 5.41) is 31.9. The van der Waals surface area contributed by atoms with Gasteiger partial charge in [-0.25, -0.2) is 9.78 Å². The number of benzene rings is 1. The lowest BCUT2D eigenvalue weighted by Crippen LogP contribution is -2.57. The number of ether oxygens (including phenoxy) is 1. The number of amides is 4. The number of pyridine rings is 1. The van der Waals surface area contributed by atoms with E-state index in [9.17, 15) is 29.4 Å². The third-order valence-corrected chi connectivity index (χ3v) is 8.38. The normalized spacial score (nSPS) is 14.8. The Bertz CT molecular complexity index is 1460. The SMILES string of the molecule is CC[C@H](C)[C@@H](CO)NC(=O)C[C@H](O)[C@H](CC(C)C)NC(=O)[C@H](Cc1cnc[nH]1)NC(=O)[C@H](Cc1cccnc1)NC(=O)OCc1ccccc1. The number of hydrogen-bond donors (Lipinski definition) is 7. The fourth-order valence-electron chi connectivity index (χ4n) is 5.32. The number of aliphatic hydroxyl groups excluding tert-OH is 2. The summed E-state index contributed by atoms with van der Waals surface area (Å²) in [7, 11) is 0. The van der Waals surface area contributed by atoms with Gasteiger partial charge in [-0.05, 0) is 35.4 Å². The van der Waals surface area contributed by atoms with E-state index in [2.05, 4.69) is 36.2 Å². The van der Waals surface area contributed by atoms with Crippen molar-refractivity contribution in [1.82, 2.24) is 36.2 Å². The number of imidazole rings is 1. The van der Waals surface area contributed by atoms with Gasteiger partial charge in [0.25, 0.3) is 0 Å².